The fraction of sp³-hybridized carbons (Fsp3) is 0.583. The van der Waals surface area contributed by atoms with E-state index in [1.165, 1.54) is 49.7 Å². The SMILES string of the molecule is CCC(CC)(CC)[c-]1cccc1.CCC(CC)(CC)[c-]1cccc1.[Cl-].[Cl-].[Zr+4]. The second-order valence-corrected chi connectivity index (χ2v) is 7.03. The first-order chi connectivity index (χ1) is 11.6. The molecule has 0 spiro atoms. The number of halogens is 2. The summed E-state index contributed by atoms with van der Waals surface area (Å²) in [5.41, 5.74) is 3.94. The molecule has 152 valence electrons. The third-order valence-electron chi connectivity index (χ3n) is 6.61. The van der Waals surface area contributed by atoms with E-state index in [2.05, 4.69) is 90.1 Å². The van der Waals surface area contributed by atoms with Gasteiger partial charge in [0.25, 0.3) is 0 Å². The average molecular weight is 489 g/mol. The van der Waals surface area contributed by atoms with E-state index in [1.54, 1.807) is 0 Å². The normalized spacial score (nSPS) is 10.6. The van der Waals surface area contributed by atoms with Crippen molar-refractivity contribution in [1.29, 1.82) is 0 Å². The predicted molar refractivity (Wildman–Crippen MR) is 109 cm³/mol. The molecule has 2 aromatic carbocycles. The second kappa shape index (κ2) is 16.0. The minimum absolute atomic E-state index is 0. The van der Waals surface area contributed by atoms with Crippen LogP contribution in [0.5, 0.6) is 0 Å². The third-order valence-corrected chi connectivity index (χ3v) is 6.61. The molecule has 27 heavy (non-hydrogen) atoms. The summed E-state index contributed by atoms with van der Waals surface area (Å²) in [6, 6.07) is 17.6. The van der Waals surface area contributed by atoms with E-state index in [4.69, 9.17) is 0 Å². The van der Waals surface area contributed by atoms with E-state index in [-0.39, 0.29) is 51.0 Å². The molecule has 0 amide bonds. The number of hydrogen-bond donors (Lipinski definition) is 0. The third kappa shape index (κ3) is 7.83. The second-order valence-electron chi connectivity index (χ2n) is 7.03. The summed E-state index contributed by atoms with van der Waals surface area (Å²) in [6.45, 7) is 13.7. The summed E-state index contributed by atoms with van der Waals surface area (Å²) in [7, 11) is 0. The maximum atomic E-state index is 2.29. The first-order valence-corrected chi connectivity index (χ1v) is 10.0. The quantitative estimate of drug-likeness (QED) is 0.497. The van der Waals surface area contributed by atoms with Crippen molar-refractivity contribution in [3.05, 3.63) is 59.7 Å². The van der Waals surface area contributed by atoms with Gasteiger partial charge in [0, 0.05) is 0 Å². The molecule has 0 saturated heterocycles. The van der Waals surface area contributed by atoms with Gasteiger partial charge in [0.15, 0.2) is 0 Å². The first-order valence-electron chi connectivity index (χ1n) is 10.0. The van der Waals surface area contributed by atoms with Crippen molar-refractivity contribution in [2.24, 2.45) is 0 Å². The van der Waals surface area contributed by atoms with Gasteiger partial charge in [-0.2, -0.15) is 35.4 Å². The largest absolute Gasteiger partial charge is 4.00 e. The molecule has 0 aliphatic rings. The Labute approximate surface area is 200 Å². The molecular formula is C24H38Cl2Zr. The van der Waals surface area contributed by atoms with E-state index in [0.29, 0.717) is 10.8 Å². The van der Waals surface area contributed by atoms with E-state index in [9.17, 15) is 0 Å². The van der Waals surface area contributed by atoms with Gasteiger partial charge < -0.3 is 24.8 Å². The fourth-order valence-corrected chi connectivity index (χ4v) is 4.18. The summed E-state index contributed by atoms with van der Waals surface area (Å²) in [6.07, 6.45) is 7.52. The van der Waals surface area contributed by atoms with E-state index in [1.807, 2.05) is 0 Å². The van der Waals surface area contributed by atoms with Crippen LogP contribution in [0.1, 0.15) is 91.2 Å². The zero-order valence-corrected chi connectivity index (χ0v) is 22.1. The summed E-state index contributed by atoms with van der Waals surface area (Å²) in [4.78, 5) is 0. The molecule has 2 rings (SSSR count). The van der Waals surface area contributed by atoms with Gasteiger partial charge in [-0.05, 0) is 0 Å². The molecule has 0 radical (unpaired) electrons. The molecule has 0 unspecified atom stereocenters. The van der Waals surface area contributed by atoms with Crippen LogP contribution < -0.4 is 24.8 Å². The Hall–Kier alpha value is 0.163. The molecule has 0 fully saturated rings. The van der Waals surface area contributed by atoms with E-state index < -0.39 is 0 Å². The summed E-state index contributed by atoms with van der Waals surface area (Å²) in [5, 5.41) is 0. The molecule has 0 aliphatic carbocycles. The summed E-state index contributed by atoms with van der Waals surface area (Å²) >= 11 is 0. The number of rotatable bonds is 8. The zero-order valence-electron chi connectivity index (χ0n) is 18.1. The zero-order chi connectivity index (χ0) is 18.1. The van der Waals surface area contributed by atoms with Crippen LogP contribution >= 0.6 is 0 Å². The maximum Gasteiger partial charge on any atom is 4.00 e. The van der Waals surface area contributed by atoms with Crippen LogP contribution in [-0.2, 0) is 37.0 Å². The van der Waals surface area contributed by atoms with E-state index >= 15 is 0 Å². The standard InChI is InChI=1S/2C12H19.2ClH.Zr/c2*1-4-12(5-2,6-3)11-9-7-8-10-11;;;/h2*7-10H,4-6H2,1-3H3;2*1H;/q2*-1;;;+4/p-2. The van der Waals surface area contributed by atoms with Crippen LogP contribution in [-0.4, -0.2) is 0 Å². The minimum Gasteiger partial charge on any atom is -1.00 e. The van der Waals surface area contributed by atoms with Crippen LogP contribution in [0.3, 0.4) is 0 Å². The van der Waals surface area contributed by atoms with Gasteiger partial charge in [-0.1, -0.05) is 90.9 Å². The summed E-state index contributed by atoms with van der Waals surface area (Å²) in [5.74, 6) is 0. The molecule has 0 atom stereocenters. The molecule has 2 aromatic rings. The predicted octanol–water partition coefficient (Wildman–Crippen LogP) is 1.75. The molecule has 0 saturated carbocycles. The fourth-order valence-electron chi connectivity index (χ4n) is 4.18. The molecule has 0 nitrogen and oxygen atoms in total. The van der Waals surface area contributed by atoms with Gasteiger partial charge in [0.2, 0.25) is 0 Å². The maximum absolute atomic E-state index is 2.29. The smallest absolute Gasteiger partial charge is 1.00 e. The molecule has 3 heteroatoms. The number of hydrogen-bond acceptors (Lipinski definition) is 0. The van der Waals surface area contributed by atoms with Gasteiger partial charge >= 0.3 is 26.2 Å². The van der Waals surface area contributed by atoms with Crippen molar-refractivity contribution >= 4 is 0 Å². The van der Waals surface area contributed by atoms with Crippen molar-refractivity contribution in [2.45, 2.75) is 90.9 Å². The Kier molecular flexibility index (Phi) is 18.9. The molecule has 0 N–H and O–H groups in total. The van der Waals surface area contributed by atoms with Crippen molar-refractivity contribution in [2.75, 3.05) is 0 Å². The Bertz CT molecular complexity index is 454. The topological polar surface area (TPSA) is 0 Å². The Morgan fingerprint density at radius 3 is 0.815 bits per heavy atom. The van der Waals surface area contributed by atoms with Crippen LogP contribution in [0.2, 0.25) is 0 Å². The molecule has 0 aromatic heterocycles. The van der Waals surface area contributed by atoms with Crippen LogP contribution in [0.4, 0.5) is 0 Å². The Morgan fingerprint density at radius 1 is 0.481 bits per heavy atom. The summed E-state index contributed by atoms with van der Waals surface area (Å²) < 4.78 is 0. The van der Waals surface area contributed by atoms with Gasteiger partial charge in [-0.3, -0.25) is 0 Å². The molecule has 0 heterocycles. The first kappa shape index (κ1) is 31.8. The van der Waals surface area contributed by atoms with Crippen LogP contribution in [0.25, 0.3) is 0 Å². The average Bonchev–Trinajstić information content (AvgIpc) is 3.34. The van der Waals surface area contributed by atoms with Crippen molar-refractivity contribution in [3.8, 4) is 0 Å². The molecular weight excluding hydrogens is 450 g/mol. The van der Waals surface area contributed by atoms with Gasteiger partial charge in [-0.25, -0.2) is 24.3 Å². The van der Waals surface area contributed by atoms with Crippen molar-refractivity contribution in [3.63, 3.8) is 0 Å². The Morgan fingerprint density at radius 2 is 0.667 bits per heavy atom. The van der Waals surface area contributed by atoms with Crippen LogP contribution in [0.15, 0.2) is 48.5 Å². The van der Waals surface area contributed by atoms with Gasteiger partial charge in [-0.15, -0.1) is 0 Å². The van der Waals surface area contributed by atoms with Gasteiger partial charge in [0.1, 0.15) is 0 Å². The van der Waals surface area contributed by atoms with Crippen molar-refractivity contribution in [1.82, 2.24) is 0 Å². The van der Waals surface area contributed by atoms with Crippen molar-refractivity contribution < 1.29 is 51.0 Å². The minimum atomic E-state index is 0. The molecule has 0 aliphatic heterocycles. The monoisotopic (exact) mass is 486 g/mol. The van der Waals surface area contributed by atoms with E-state index in [0.717, 1.165) is 0 Å². The van der Waals surface area contributed by atoms with Crippen LogP contribution in [0, 0.1) is 0 Å². The Balaban J connectivity index is -0.000000384. The van der Waals surface area contributed by atoms with Gasteiger partial charge in [0.05, 0.1) is 0 Å². The molecule has 0 bridgehead atoms.